The molecular weight excluding hydrogens is 1790 g/mol. The predicted octanol–water partition coefficient (Wildman–Crippen LogP) is -16.7. The first-order valence-electron chi connectivity index (χ1n) is 39.0. The van der Waals surface area contributed by atoms with Gasteiger partial charge in [-0.3, -0.25) is 33.6 Å². The molecule has 6 fully saturated rings. The largest absolute Gasteiger partial charge is 0.480 e. The lowest BCUT2D eigenvalue weighted by Gasteiger charge is -2.25. The maximum atomic E-state index is 12.4. The minimum atomic E-state index is -3.84. The van der Waals surface area contributed by atoms with Gasteiger partial charge in [0.25, 0.3) is 10.2 Å². The molecule has 2 aromatic rings. The molecule has 0 radical (unpaired) electrons. The number of nitrogens with two attached hydrogens (primary N) is 13. The lowest BCUT2D eigenvalue weighted by atomic mass is 9.78. The van der Waals surface area contributed by atoms with E-state index in [0.717, 1.165) is 21.1 Å². The van der Waals surface area contributed by atoms with E-state index in [1.807, 2.05) is 0 Å². The van der Waals surface area contributed by atoms with Gasteiger partial charge in [-0.2, -0.15) is 90.1 Å². The molecule has 2 aromatic heterocycles. The molecule has 129 heavy (non-hydrogen) atoms. The summed E-state index contributed by atoms with van der Waals surface area (Å²) in [5, 5.41) is 128. The number of nitrogens with zero attached hydrogens (tertiary/aromatic N) is 10. The first-order chi connectivity index (χ1) is 60.2. The molecule has 732 valence electrons. The fourth-order valence-corrected chi connectivity index (χ4v) is 16.9. The molecule has 5 amide bonds. The summed E-state index contributed by atoms with van der Waals surface area (Å²) < 4.78 is 76.1. The van der Waals surface area contributed by atoms with Gasteiger partial charge in [0.05, 0.1) is 6.54 Å². The molecule has 0 unspecified atom stereocenters. The average molecular weight is 1910 g/mol. The van der Waals surface area contributed by atoms with Crippen molar-refractivity contribution in [2.45, 2.75) is 163 Å². The molecule has 12 atom stereocenters. The van der Waals surface area contributed by atoms with Crippen LogP contribution >= 0.6 is 0 Å². The van der Waals surface area contributed by atoms with Crippen LogP contribution in [0.2, 0.25) is 37.9 Å². The standard InChI is InChI=1S/C11H20BN5O3.C10H22BN5O5.C10H20BN5O4S.C9H22BN5O3.C7H19BN4O4S.C7H18BN3O5S.5CO2/c13-9-7-16(6-8(9)2-1-3-12(19)20)11(18)17-5-4-15-10(17)14;12-8(13)15-9(19)16-4-6(2-1-3-11(20)21)10(14,5-16)7(17)18;12-9-7-15(6-8(9)2-1-3-11(17)18)21(19,20)16-5-4-14-10(16)13;11-7-5-15(9(16)14-8(12)13)4-6(7)2-1-3-10(17)18;9-7-5-12(17(15,16)11-10)4-6(7)2-1-3-8(13)14;9-7-5-11(17(15,16)10-14)4-6(7)2-1-3-8(12)13;5*2-1-3/h4-5,8-9,19-20H,1-3,6-7,13H2,(H2,14,15);6,8,20-21H,1-5,12-14H2,(H,15,19)(H,17,18);4-5,8-9,17-18H,1-3,6-7,12H2,(H2,13,14);6-8,17-18H,1-5,11-13H2,(H,14,16);6-7,11,13-14H,1-5,9-10H2;6-7,10,12-14H,1-5,9H2;;;;;/t8-,9-;6-,10-;8-,9-;3*6-,7-;;;;;/m000000...../s1. The topological polar surface area (TPSA) is 1070 Å². The van der Waals surface area contributed by atoms with Crippen LogP contribution in [0.25, 0.3) is 0 Å². The Morgan fingerprint density at radius 1 is 0.434 bits per heavy atom. The molecule has 0 saturated carbocycles. The molecule has 0 bridgehead atoms. The summed E-state index contributed by atoms with van der Waals surface area (Å²) in [6, 6.07) is -2.13. The number of carboxylic acid groups (broad SMARTS) is 1. The average Bonchev–Trinajstić information content (AvgIpc) is 1.60. The van der Waals surface area contributed by atoms with Crippen molar-refractivity contribution in [3.8, 4) is 0 Å². The second-order valence-electron chi connectivity index (χ2n) is 29.4. The zero-order chi connectivity index (χ0) is 99.9. The Balaban J connectivity index is -0.00000143. The number of aliphatic carboxylic acids is 1. The van der Waals surface area contributed by atoms with Crippen LogP contribution in [0.15, 0.2) is 24.8 Å². The van der Waals surface area contributed by atoms with Crippen molar-refractivity contribution in [1.82, 2.24) is 66.5 Å². The van der Waals surface area contributed by atoms with Gasteiger partial charge in [0.15, 0.2) is 0 Å². The van der Waals surface area contributed by atoms with Crippen molar-refractivity contribution < 1.29 is 163 Å². The molecule has 61 nitrogen and oxygen atoms in total. The second-order valence-corrected chi connectivity index (χ2v) is 34.5. The van der Waals surface area contributed by atoms with Crippen LogP contribution in [0.5, 0.6) is 0 Å². The molecule has 0 aliphatic carbocycles. The van der Waals surface area contributed by atoms with E-state index in [2.05, 4.69) is 20.6 Å². The molecule has 44 N–H and O–H groups in total. The summed E-state index contributed by atoms with van der Waals surface area (Å²) in [4.78, 5) is 143. The maximum Gasteiger partial charge on any atom is 0.451 e. The Kier molecular flexibility index (Phi) is 63.7. The third-order valence-electron chi connectivity index (χ3n) is 20.0. The molecule has 0 aromatic carbocycles. The zero-order valence-corrected chi connectivity index (χ0v) is 72.6. The molecule has 0 spiro atoms. The van der Waals surface area contributed by atoms with Gasteiger partial charge in [0.2, 0.25) is 11.9 Å². The summed E-state index contributed by atoms with van der Waals surface area (Å²) >= 11 is 0. The van der Waals surface area contributed by atoms with Gasteiger partial charge in [0, 0.05) is 133 Å². The summed E-state index contributed by atoms with van der Waals surface area (Å²) in [7, 11) is -19.2. The third-order valence-corrected chi connectivity index (χ3v) is 24.3. The van der Waals surface area contributed by atoms with Gasteiger partial charge in [-0.15, -0.1) is 4.83 Å². The number of anilines is 2. The minimum absolute atomic E-state index is 0.0109. The monoisotopic (exact) mass is 1910 g/mol. The number of hydrogen-bond acceptors (Lipinski definition) is 48. The van der Waals surface area contributed by atoms with Gasteiger partial charge >= 0.3 is 118 Å². The number of carbonyl (C=O) groups excluding carboxylic acids is 13. The van der Waals surface area contributed by atoms with Crippen LogP contribution in [0, 0.1) is 35.5 Å². The summed E-state index contributed by atoms with van der Waals surface area (Å²) in [6.45, 7) is 3.47. The van der Waals surface area contributed by atoms with E-state index in [4.69, 9.17) is 188 Å². The number of aromatic nitrogens is 4. The normalized spacial score (nSPS) is 21.9. The Labute approximate surface area is 743 Å². The Hall–Kier alpha value is -8.52. The number of nitrogen functional groups attached to an aromatic ring is 2. The van der Waals surface area contributed by atoms with Crippen LogP contribution in [0.4, 0.5) is 26.3 Å². The highest BCUT2D eigenvalue weighted by Crippen LogP contribution is 2.32. The summed E-state index contributed by atoms with van der Waals surface area (Å²) in [6.07, 6.45) is 13.8. The highest BCUT2D eigenvalue weighted by Gasteiger charge is 2.51. The molecular formula is C59H121B6N27O34S3. The van der Waals surface area contributed by atoms with E-state index >= 15 is 0 Å². The van der Waals surface area contributed by atoms with Crippen molar-refractivity contribution in [1.29, 1.82) is 0 Å². The maximum absolute atomic E-state index is 12.4. The molecule has 70 heteroatoms. The second kappa shape index (κ2) is 65.9. The number of imidazole rings is 2. The van der Waals surface area contributed by atoms with Crippen molar-refractivity contribution >= 4 is 140 Å². The number of carboxylic acids is 1. The van der Waals surface area contributed by atoms with Crippen LogP contribution < -0.4 is 95.0 Å². The number of likely N-dealkylation sites (tertiary alicyclic amines) is 3. The first kappa shape index (κ1) is 125. The number of nitrogens with one attached hydrogen (secondary N) is 4. The highest BCUT2D eigenvalue weighted by molar-refractivity contribution is 7.87. The number of rotatable bonds is 33. The summed E-state index contributed by atoms with van der Waals surface area (Å²) in [5.41, 5.74) is 66.2. The molecule has 8 rings (SSSR count). The van der Waals surface area contributed by atoms with E-state index in [1.54, 1.807) is 14.6 Å². The van der Waals surface area contributed by atoms with Crippen LogP contribution in [0.1, 0.15) is 77.0 Å². The lowest BCUT2D eigenvalue weighted by Crippen LogP contribution is -2.56. The molecule has 6 aliphatic rings. The number of carbonyl (C=O) groups is 4. The van der Waals surface area contributed by atoms with Gasteiger partial charge in [0.1, 0.15) is 18.1 Å². The van der Waals surface area contributed by atoms with Crippen molar-refractivity contribution in [2.24, 2.45) is 98.7 Å². The van der Waals surface area contributed by atoms with E-state index in [-0.39, 0.29) is 179 Å². The van der Waals surface area contributed by atoms with E-state index in [1.165, 1.54) is 47.8 Å². The van der Waals surface area contributed by atoms with E-state index in [9.17, 15) is 49.5 Å². The zero-order valence-electron chi connectivity index (χ0n) is 70.1. The fraction of sp³-hybridized carbons (Fsp3) is 0.746. The number of hydrazine groups is 1. The van der Waals surface area contributed by atoms with Crippen molar-refractivity contribution in [3.63, 3.8) is 0 Å². The van der Waals surface area contributed by atoms with Crippen molar-refractivity contribution in [2.75, 3.05) is 90.0 Å². The Morgan fingerprint density at radius 3 is 1.04 bits per heavy atom. The van der Waals surface area contributed by atoms with Gasteiger partial charge in [-0.25, -0.2) is 28.9 Å². The van der Waals surface area contributed by atoms with Crippen molar-refractivity contribution in [3.05, 3.63) is 24.8 Å². The first-order valence-corrected chi connectivity index (χ1v) is 43.3. The smallest absolute Gasteiger partial charge is 0.451 e. The predicted molar refractivity (Wildman–Crippen MR) is 445 cm³/mol. The highest BCUT2D eigenvalue weighted by atomic mass is 32.2. The Morgan fingerprint density at radius 2 is 0.729 bits per heavy atom. The third kappa shape index (κ3) is 49.5. The minimum Gasteiger partial charge on any atom is -0.480 e. The molecule has 6 saturated heterocycles. The fourth-order valence-electron chi connectivity index (χ4n) is 13.7. The number of hydrogen-bond donors (Lipinski definition) is 31. The van der Waals surface area contributed by atoms with E-state index in [0.29, 0.717) is 116 Å². The Bertz CT molecular complexity index is 3940. The molecule has 6 aliphatic heterocycles. The van der Waals surface area contributed by atoms with Gasteiger partial charge in [-0.1, -0.05) is 43.4 Å². The summed E-state index contributed by atoms with van der Waals surface area (Å²) in [5.74, 6) is 3.63. The quantitative estimate of drug-likeness (QED) is 0.0137. The van der Waals surface area contributed by atoms with Crippen LogP contribution in [0.3, 0.4) is 0 Å². The lowest BCUT2D eigenvalue weighted by molar-refractivity contribution is -0.193. The molecule has 8 heterocycles. The van der Waals surface area contributed by atoms with Gasteiger partial charge in [-0.05, 0) is 106 Å². The van der Waals surface area contributed by atoms with E-state index < -0.39 is 109 Å². The van der Waals surface area contributed by atoms with Crippen LogP contribution in [-0.2, 0) is 83.4 Å². The van der Waals surface area contributed by atoms with Gasteiger partial charge < -0.3 is 142 Å². The number of amides is 5. The SMILES string of the molecule is NC(N)NC(=O)N1C[C@H](CCCB(O)O)[C@@H](N)C1.NC(N)NC(=O)N1C[C@H](CCCB(O)O)[C@](N)(C(=O)O)C1.NNS(=O)(=O)N1C[C@H](CCCB(O)O)[C@@H](N)C1.N[C@H]1CN(S(=O)(=O)NO)C[C@@H]1CCCB(O)O.Nc1nccn1C(=O)N1C[C@H](CCCB(O)O)[C@@H](N)C1.Nc1nccn1S(=O)(=O)N1C[C@H](CCCB(O)O)[C@@H](N)C1.O=C=O.O=C=O.O=C=O.O=C=O.O=C=O. The number of urea groups is 2. The van der Waals surface area contributed by atoms with Crippen LogP contribution in [-0.4, -0.2) is 366 Å².